The number of hydrogen-bond acceptors (Lipinski definition) is 5. The van der Waals surface area contributed by atoms with E-state index in [9.17, 15) is 10.2 Å². The van der Waals surface area contributed by atoms with E-state index < -0.39 is 0 Å². The lowest BCUT2D eigenvalue weighted by molar-refractivity contribution is -0.0688. The zero-order chi connectivity index (χ0) is 18.4. The molecule has 142 valence electrons. The van der Waals surface area contributed by atoms with Gasteiger partial charge in [0.25, 0.3) is 0 Å². The van der Waals surface area contributed by atoms with Gasteiger partial charge in [0.1, 0.15) is 0 Å². The summed E-state index contributed by atoms with van der Waals surface area (Å²) in [5.74, 6) is 0. The van der Waals surface area contributed by atoms with Gasteiger partial charge in [-0.1, -0.05) is 13.8 Å². The van der Waals surface area contributed by atoms with Crippen LogP contribution in [0.1, 0.15) is 60.8 Å². The zero-order valence-corrected chi connectivity index (χ0v) is 16.3. The van der Waals surface area contributed by atoms with Gasteiger partial charge < -0.3 is 25.0 Å². The Bertz CT molecular complexity index is 410. The first-order chi connectivity index (χ1) is 11.1. The van der Waals surface area contributed by atoms with Gasteiger partial charge >= 0.3 is 0 Å². The van der Waals surface area contributed by atoms with E-state index in [0.29, 0.717) is 26.1 Å². The molecule has 0 saturated carbocycles. The summed E-state index contributed by atoms with van der Waals surface area (Å²) in [7, 11) is 0. The molecule has 1 fully saturated rings. The van der Waals surface area contributed by atoms with Gasteiger partial charge in [-0.25, -0.2) is 0 Å². The van der Waals surface area contributed by atoms with Gasteiger partial charge in [0.15, 0.2) is 0 Å². The standard InChI is InChI=1S/C19H37NO4/c1-14(22)8-10-23-13-18(3,4)11-15(2)24-19(5,6)16(7-9-21)17-12-20-17/h14-15,20-22H,7-13H2,1-6H3/b17-16-. The molecular weight excluding hydrogens is 306 g/mol. The van der Waals surface area contributed by atoms with Crippen LogP contribution in [-0.4, -0.2) is 54.4 Å². The number of aliphatic hydroxyl groups excluding tert-OH is 2. The van der Waals surface area contributed by atoms with E-state index in [-0.39, 0.29) is 29.8 Å². The number of nitrogens with one attached hydrogen (secondary N) is 1. The molecule has 5 nitrogen and oxygen atoms in total. The smallest absolute Gasteiger partial charge is 0.0860 e. The van der Waals surface area contributed by atoms with Crippen LogP contribution < -0.4 is 5.32 Å². The highest BCUT2D eigenvalue weighted by Crippen LogP contribution is 2.33. The van der Waals surface area contributed by atoms with Crippen LogP contribution >= 0.6 is 0 Å². The summed E-state index contributed by atoms with van der Waals surface area (Å²) in [6.07, 6.45) is 1.97. The molecule has 1 aliphatic heterocycles. The number of ether oxygens (including phenoxy) is 2. The minimum Gasteiger partial charge on any atom is -0.396 e. The van der Waals surface area contributed by atoms with Crippen LogP contribution in [-0.2, 0) is 9.47 Å². The van der Waals surface area contributed by atoms with Gasteiger partial charge in [-0.3, -0.25) is 0 Å². The maximum absolute atomic E-state index is 9.30. The van der Waals surface area contributed by atoms with Crippen molar-refractivity contribution in [2.75, 3.05) is 26.4 Å². The Morgan fingerprint density at radius 2 is 1.88 bits per heavy atom. The van der Waals surface area contributed by atoms with E-state index in [2.05, 4.69) is 39.9 Å². The fourth-order valence-corrected chi connectivity index (χ4v) is 3.24. The minimum atomic E-state index is -0.385. The molecule has 1 aliphatic rings. The summed E-state index contributed by atoms with van der Waals surface area (Å²) >= 11 is 0. The third-order valence-corrected chi connectivity index (χ3v) is 4.32. The minimum absolute atomic E-state index is 0.0102. The lowest BCUT2D eigenvalue weighted by Gasteiger charge is -2.35. The Kier molecular flexibility index (Phi) is 8.20. The second-order valence-electron chi connectivity index (χ2n) is 8.28. The highest BCUT2D eigenvalue weighted by molar-refractivity contribution is 5.30. The van der Waals surface area contributed by atoms with Crippen LogP contribution in [0, 0.1) is 5.41 Å². The second-order valence-corrected chi connectivity index (χ2v) is 8.28. The van der Waals surface area contributed by atoms with Crippen molar-refractivity contribution in [3.05, 3.63) is 11.3 Å². The molecule has 0 spiro atoms. The Balaban J connectivity index is 2.48. The molecule has 3 N–H and O–H groups in total. The van der Waals surface area contributed by atoms with Crippen LogP contribution in [0.5, 0.6) is 0 Å². The van der Waals surface area contributed by atoms with Gasteiger partial charge in [-0.15, -0.1) is 0 Å². The predicted molar refractivity (Wildman–Crippen MR) is 96.9 cm³/mol. The molecule has 5 heteroatoms. The largest absolute Gasteiger partial charge is 0.396 e. The third kappa shape index (κ3) is 7.97. The molecule has 24 heavy (non-hydrogen) atoms. The van der Waals surface area contributed by atoms with Crippen molar-refractivity contribution in [1.29, 1.82) is 0 Å². The first-order valence-corrected chi connectivity index (χ1v) is 9.08. The summed E-state index contributed by atoms with van der Waals surface area (Å²) in [5.41, 5.74) is 2.00. The zero-order valence-electron chi connectivity index (χ0n) is 16.3. The first kappa shape index (κ1) is 21.4. The Morgan fingerprint density at radius 1 is 1.25 bits per heavy atom. The Labute approximate surface area is 147 Å². The topological polar surface area (TPSA) is 80.9 Å². The summed E-state index contributed by atoms with van der Waals surface area (Å²) in [6, 6.07) is 0. The van der Waals surface area contributed by atoms with Crippen molar-refractivity contribution >= 4 is 0 Å². The van der Waals surface area contributed by atoms with E-state index in [0.717, 1.165) is 13.0 Å². The van der Waals surface area contributed by atoms with E-state index in [1.807, 2.05) is 0 Å². The van der Waals surface area contributed by atoms with E-state index in [1.54, 1.807) is 6.92 Å². The number of rotatable bonds is 12. The molecule has 1 saturated heterocycles. The van der Waals surface area contributed by atoms with Crippen molar-refractivity contribution in [1.82, 2.24) is 5.32 Å². The molecule has 0 radical (unpaired) electrons. The van der Waals surface area contributed by atoms with E-state index in [1.165, 1.54) is 11.3 Å². The molecule has 0 aromatic carbocycles. The quantitative estimate of drug-likeness (QED) is 0.375. The average Bonchev–Trinajstić information content (AvgIpc) is 3.23. The second kappa shape index (κ2) is 9.18. The van der Waals surface area contributed by atoms with Gasteiger partial charge in [0.05, 0.1) is 31.0 Å². The van der Waals surface area contributed by atoms with Crippen LogP contribution in [0.15, 0.2) is 11.3 Å². The van der Waals surface area contributed by atoms with Crippen LogP contribution in [0.25, 0.3) is 0 Å². The van der Waals surface area contributed by atoms with Gasteiger partial charge in [-0.05, 0) is 57.9 Å². The Morgan fingerprint density at radius 3 is 2.38 bits per heavy atom. The van der Waals surface area contributed by atoms with Crippen molar-refractivity contribution in [2.24, 2.45) is 5.41 Å². The van der Waals surface area contributed by atoms with Crippen LogP contribution in [0.3, 0.4) is 0 Å². The maximum atomic E-state index is 9.30. The van der Waals surface area contributed by atoms with E-state index in [4.69, 9.17) is 9.47 Å². The number of hydrogen-bond donors (Lipinski definition) is 3. The lowest BCUT2D eigenvalue weighted by atomic mass is 9.87. The van der Waals surface area contributed by atoms with Crippen molar-refractivity contribution in [2.45, 2.75) is 78.6 Å². The molecule has 2 atom stereocenters. The fourth-order valence-electron chi connectivity index (χ4n) is 3.24. The van der Waals surface area contributed by atoms with Gasteiger partial charge in [0.2, 0.25) is 0 Å². The average molecular weight is 344 g/mol. The monoisotopic (exact) mass is 343 g/mol. The molecule has 0 aromatic heterocycles. The molecule has 0 amide bonds. The molecular formula is C19H37NO4. The van der Waals surface area contributed by atoms with E-state index >= 15 is 0 Å². The lowest BCUT2D eigenvalue weighted by Crippen LogP contribution is -2.35. The number of aliphatic hydroxyl groups is 2. The fraction of sp³-hybridized carbons (Fsp3) is 0.895. The summed E-state index contributed by atoms with van der Waals surface area (Å²) in [6.45, 7) is 14.7. The maximum Gasteiger partial charge on any atom is 0.0860 e. The molecule has 0 bridgehead atoms. The van der Waals surface area contributed by atoms with Crippen LogP contribution in [0.2, 0.25) is 0 Å². The van der Waals surface area contributed by atoms with Crippen molar-refractivity contribution < 1.29 is 19.7 Å². The SMILES string of the molecule is CC(O)CCOCC(C)(C)CC(C)OC(C)(C)/C(CCO)=C1/CN1. The Hall–Kier alpha value is -0.620. The molecule has 2 unspecified atom stereocenters. The highest BCUT2D eigenvalue weighted by Gasteiger charge is 2.33. The van der Waals surface area contributed by atoms with Crippen LogP contribution in [0.4, 0.5) is 0 Å². The first-order valence-electron chi connectivity index (χ1n) is 9.08. The molecule has 0 aromatic rings. The summed E-state index contributed by atoms with van der Waals surface area (Å²) in [4.78, 5) is 0. The van der Waals surface area contributed by atoms with Crippen molar-refractivity contribution in [3.63, 3.8) is 0 Å². The van der Waals surface area contributed by atoms with Gasteiger partial charge in [0, 0.05) is 18.9 Å². The molecule has 1 heterocycles. The summed E-state index contributed by atoms with van der Waals surface area (Å²) in [5, 5.41) is 21.8. The normalized spacial score (nSPS) is 19.7. The summed E-state index contributed by atoms with van der Waals surface area (Å²) < 4.78 is 12.0. The highest BCUT2D eigenvalue weighted by atomic mass is 16.5. The van der Waals surface area contributed by atoms with Crippen molar-refractivity contribution in [3.8, 4) is 0 Å². The molecule has 1 rings (SSSR count). The third-order valence-electron chi connectivity index (χ3n) is 4.32. The predicted octanol–water partition coefficient (Wildman–Crippen LogP) is 2.61. The molecule has 0 aliphatic carbocycles. The van der Waals surface area contributed by atoms with Gasteiger partial charge in [-0.2, -0.15) is 0 Å².